The fourth-order valence-corrected chi connectivity index (χ4v) is 3.91. The summed E-state index contributed by atoms with van der Waals surface area (Å²) in [5.74, 6) is 0.613. The number of anilines is 2. The van der Waals surface area contributed by atoms with Crippen LogP contribution in [0.25, 0.3) is 0 Å². The van der Waals surface area contributed by atoms with Gasteiger partial charge in [0.05, 0.1) is 12.3 Å². The largest absolute Gasteiger partial charge is 0.383 e. The molecule has 0 aliphatic carbocycles. The van der Waals surface area contributed by atoms with Crippen LogP contribution in [0.15, 0.2) is 45.1 Å². The smallest absolute Gasteiger partial charge is 0.330 e. The molecule has 1 aromatic carbocycles. The normalized spacial score (nSPS) is 11.3. The van der Waals surface area contributed by atoms with Crippen molar-refractivity contribution in [1.82, 2.24) is 24.7 Å². The van der Waals surface area contributed by atoms with Crippen molar-refractivity contribution in [2.24, 2.45) is 5.92 Å². The zero-order valence-corrected chi connectivity index (χ0v) is 20.0. The van der Waals surface area contributed by atoms with E-state index in [1.54, 1.807) is 0 Å². The molecule has 176 valence electrons. The lowest BCUT2D eigenvalue weighted by Gasteiger charge is -2.26. The summed E-state index contributed by atoms with van der Waals surface area (Å²) in [4.78, 5) is 46.5. The van der Waals surface area contributed by atoms with Gasteiger partial charge in [0.1, 0.15) is 11.6 Å². The van der Waals surface area contributed by atoms with E-state index in [0.717, 1.165) is 11.4 Å². The zero-order valence-electron chi connectivity index (χ0n) is 19.2. The molecule has 0 atom stereocenters. The average molecular weight is 472 g/mol. The second kappa shape index (κ2) is 10.5. The molecule has 0 fully saturated rings. The Morgan fingerprint density at radius 3 is 2.48 bits per heavy atom. The standard InChI is InChI=1S/C22H29N7O3S/c1-13(2)10-28(16(30)12-33-21-24-19(14(3)4)26-27-21)17-18(23)29(22(32)25-20(17)31)11-15-8-6-5-7-9-15/h5-9,13-14H,10-12,23H2,1-4H3,(H,24,26,27)(H,25,31,32). The highest BCUT2D eigenvalue weighted by atomic mass is 32.2. The third-order valence-corrected chi connectivity index (χ3v) is 5.70. The van der Waals surface area contributed by atoms with Crippen LogP contribution in [0, 0.1) is 5.92 Å². The van der Waals surface area contributed by atoms with Crippen molar-refractivity contribution < 1.29 is 4.79 Å². The number of amides is 1. The van der Waals surface area contributed by atoms with Gasteiger partial charge in [-0.2, -0.15) is 0 Å². The molecular weight excluding hydrogens is 442 g/mol. The molecule has 0 unspecified atom stereocenters. The zero-order chi connectivity index (χ0) is 24.1. The molecule has 2 aromatic heterocycles. The predicted molar refractivity (Wildman–Crippen MR) is 130 cm³/mol. The number of carbonyl (C=O) groups excluding carboxylic acids is 1. The maximum absolute atomic E-state index is 13.2. The highest BCUT2D eigenvalue weighted by molar-refractivity contribution is 7.99. The summed E-state index contributed by atoms with van der Waals surface area (Å²) >= 11 is 1.17. The second-order valence-corrected chi connectivity index (χ2v) is 9.35. The number of nitrogens with two attached hydrogens (primary N) is 1. The summed E-state index contributed by atoms with van der Waals surface area (Å²) in [6.07, 6.45) is 0. The Hall–Kier alpha value is -3.34. The molecule has 0 radical (unpaired) electrons. The maximum Gasteiger partial charge on any atom is 0.330 e. The molecule has 0 aliphatic rings. The van der Waals surface area contributed by atoms with Crippen LogP contribution < -0.4 is 21.9 Å². The Morgan fingerprint density at radius 2 is 1.88 bits per heavy atom. The van der Waals surface area contributed by atoms with Crippen LogP contribution in [-0.4, -0.2) is 42.9 Å². The van der Waals surface area contributed by atoms with Gasteiger partial charge >= 0.3 is 5.69 Å². The van der Waals surface area contributed by atoms with Gasteiger partial charge in [-0.25, -0.2) is 9.78 Å². The highest BCUT2D eigenvalue weighted by Crippen LogP contribution is 2.22. The van der Waals surface area contributed by atoms with Gasteiger partial charge in [-0.3, -0.25) is 24.2 Å². The Labute approximate surface area is 195 Å². The monoisotopic (exact) mass is 471 g/mol. The number of rotatable bonds is 9. The molecule has 2 heterocycles. The molecule has 0 bridgehead atoms. The molecule has 3 aromatic rings. The van der Waals surface area contributed by atoms with Gasteiger partial charge in [0.25, 0.3) is 5.56 Å². The minimum Gasteiger partial charge on any atom is -0.383 e. The van der Waals surface area contributed by atoms with Crippen LogP contribution in [0.2, 0.25) is 0 Å². The van der Waals surface area contributed by atoms with Crippen molar-refractivity contribution in [2.75, 3.05) is 22.9 Å². The number of nitrogens with zero attached hydrogens (tertiary/aromatic N) is 4. The first-order chi connectivity index (χ1) is 15.7. The van der Waals surface area contributed by atoms with E-state index in [1.807, 2.05) is 58.0 Å². The fraction of sp³-hybridized carbons (Fsp3) is 0.409. The predicted octanol–water partition coefficient (Wildman–Crippen LogP) is 2.19. The van der Waals surface area contributed by atoms with Crippen LogP contribution in [0.1, 0.15) is 45.0 Å². The van der Waals surface area contributed by atoms with Crippen molar-refractivity contribution >= 4 is 29.2 Å². The molecule has 0 aliphatic heterocycles. The van der Waals surface area contributed by atoms with E-state index in [2.05, 4.69) is 20.2 Å². The quantitative estimate of drug-likeness (QED) is 0.406. The molecule has 10 nitrogen and oxygen atoms in total. The van der Waals surface area contributed by atoms with Crippen LogP contribution >= 0.6 is 11.8 Å². The Bertz CT molecular complexity index is 1210. The number of hydrogen-bond donors (Lipinski definition) is 3. The topological polar surface area (TPSA) is 143 Å². The summed E-state index contributed by atoms with van der Waals surface area (Å²) in [6.45, 7) is 8.28. The number of aromatic nitrogens is 5. The molecule has 0 saturated carbocycles. The van der Waals surface area contributed by atoms with E-state index in [4.69, 9.17) is 5.73 Å². The van der Waals surface area contributed by atoms with Gasteiger partial charge in [-0.05, 0) is 11.5 Å². The van der Waals surface area contributed by atoms with Crippen molar-refractivity contribution in [2.45, 2.75) is 45.3 Å². The molecule has 3 rings (SSSR count). The minimum atomic E-state index is -0.694. The molecule has 1 amide bonds. The minimum absolute atomic E-state index is 0.0127. The lowest BCUT2D eigenvalue weighted by Crippen LogP contribution is -2.43. The lowest BCUT2D eigenvalue weighted by atomic mass is 10.2. The molecule has 0 saturated heterocycles. The number of H-pyrrole nitrogens is 2. The molecular formula is C22H29N7O3S. The number of thioether (sulfide) groups is 1. The number of nitrogens with one attached hydrogen (secondary N) is 2. The number of hydrogen-bond acceptors (Lipinski definition) is 7. The lowest BCUT2D eigenvalue weighted by molar-refractivity contribution is -0.116. The van der Waals surface area contributed by atoms with E-state index in [1.165, 1.54) is 21.2 Å². The molecule has 0 spiro atoms. The second-order valence-electron chi connectivity index (χ2n) is 8.41. The van der Waals surface area contributed by atoms with Crippen LogP contribution in [-0.2, 0) is 11.3 Å². The molecule has 33 heavy (non-hydrogen) atoms. The van der Waals surface area contributed by atoms with Gasteiger partial charge in [0.2, 0.25) is 11.1 Å². The summed E-state index contributed by atoms with van der Waals surface area (Å²) in [5, 5.41) is 7.44. The van der Waals surface area contributed by atoms with E-state index in [-0.39, 0.29) is 48.1 Å². The first-order valence-corrected chi connectivity index (χ1v) is 11.7. The van der Waals surface area contributed by atoms with Crippen LogP contribution in [0.3, 0.4) is 0 Å². The average Bonchev–Trinajstić information content (AvgIpc) is 3.24. The number of carbonyl (C=O) groups is 1. The van der Waals surface area contributed by atoms with E-state index in [9.17, 15) is 14.4 Å². The third kappa shape index (κ3) is 5.92. The summed E-state index contributed by atoms with van der Waals surface area (Å²) in [6, 6.07) is 9.28. The first-order valence-electron chi connectivity index (χ1n) is 10.7. The number of aromatic amines is 2. The van der Waals surface area contributed by atoms with Crippen molar-refractivity contribution in [3.05, 3.63) is 62.6 Å². The number of nitrogen functional groups attached to an aromatic ring is 1. The fourth-order valence-electron chi connectivity index (χ4n) is 3.23. The van der Waals surface area contributed by atoms with Gasteiger partial charge in [0, 0.05) is 12.5 Å². The Morgan fingerprint density at radius 1 is 1.18 bits per heavy atom. The Kier molecular flexibility index (Phi) is 7.75. The highest BCUT2D eigenvalue weighted by Gasteiger charge is 2.25. The van der Waals surface area contributed by atoms with Crippen molar-refractivity contribution in [1.29, 1.82) is 0 Å². The van der Waals surface area contributed by atoms with Gasteiger partial charge < -0.3 is 10.6 Å². The van der Waals surface area contributed by atoms with E-state index in [0.29, 0.717) is 5.16 Å². The Balaban J connectivity index is 1.92. The van der Waals surface area contributed by atoms with Gasteiger partial charge in [0.15, 0.2) is 5.69 Å². The van der Waals surface area contributed by atoms with Crippen LogP contribution in [0.5, 0.6) is 0 Å². The van der Waals surface area contributed by atoms with Crippen LogP contribution in [0.4, 0.5) is 11.5 Å². The third-order valence-electron chi connectivity index (χ3n) is 4.87. The van der Waals surface area contributed by atoms with Crippen molar-refractivity contribution in [3.8, 4) is 0 Å². The number of benzene rings is 1. The van der Waals surface area contributed by atoms with Crippen molar-refractivity contribution in [3.63, 3.8) is 0 Å². The molecule has 4 N–H and O–H groups in total. The maximum atomic E-state index is 13.2. The van der Waals surface area contributed by atoms with E-state index < -0.39 is 11.2 Å². The first kappa shape index (κ1) is 24.3. The van der Waals surface area contributed by atoms with Gasteiger partial charge in [-0.15, -0.1) is 5.10 Å². The summed E-state index contributed by atoms with van der Waals surface area (Å²) in [5.41, 5.74) is 5.80. The summed E-state index contributed by atoms with van der Waals surface area (Å²) < 4.78 is 1.27. The SMILES string of the molecule is CC(C)CN(C(=O)CSc1n[nH]c(C(C)C)n1)c1c(N)n(Cc2ccccc2)c(=O)[nH]c1=O. The summed E-state index contributed by atoms with van der Waals surface area (Å²) in [7, 11) is 0. The van der Waals surface area contributed by atoms with E-state index >= 15 is 0 Å². The van der Waals surface area contributed by atoms with Gasteiger partial charge in [-0.1, -0.05) is 69.8 Å². The molecule has 11 heteroatoms.